The van der Waals surface area contributed by atoms with Gasteiger partial charge in [0.25, 0.3) is 0 Å². The quantitative estimate of drug-likeness (QED) is 0.0432. The fourth-order valence-corrected chi connectivity index (χ4v) is 5.61. The average Bonchev–Trinajstić information content (AvgIpc) is 3.02. The number of carbonyl (C=O) groups excluding carboxylic acids is 2. The number of aliphatic hydroxyl groups excluding tert-OH is 1. The van der Waals surface area contributed by atoms with Crippen LogP contribution >= 0.6 is 0 Å². The van der Waals surface area contributed by atoms with Gasteiger partial charge in [-0.3, -0.25) is 9.59 Å². The first-order valence-corrected chi connectivity index (χ1v) is 19.2. The number of carbonyl (C=O) groups is 2. The zero-order chi connectivity index (χ0) is 32.2. The van der Waals surface area contributed by atoms with Gasteiger partial charge in [-0.25, -0.2) is 0 Å². The number of allylic oxidation sites excluding steroid dienone is 2. The molecule has 0 aromatic heterocycles. The number of hydrogen-bond donors (Lipinski definition) is 1. The molecular weight excluding hydrogens is 548 g/mol. The van der Waals surface area contributed by atoms with Gasteiger partial charge in [-0.2, -0.15) is 0 Å². The molecule has 0 fully saturated rings. The van der Waals surface area contributed by atoms with Crippen LogP contribution in [-0.2, 0) is 19.1 Å². The second-order valence-electron chi connectivity index (χ2n) is 13.0. The Morgan fingerprint density at radius 1 is 0.500 bits per heavy atom. The minimum atomic E-state index is -0.767. The smallest absolute Gasteiger partial charge is 0.306 e. The molecule has 0 rings (SSSR count). The molecule has 0 saturated heterocycles. The lowest BCUT2D eigenvalue weighted by molar-refractivity contribution is -0.161. The van der Waals surface area contributed by atoms with Crippen molar-refractivity contribution in [2.75, 3.05) is 13.2 Å². The summed E-state index contributed by atoms with van der Waals surface area (Å²) in [6.07, 6.45) is 39.8. The van der Waals surface area contributed by atoms with E-state index in [1.54, 1.807) is 0 Å². The minimum absolute atomic E-state index is 0.0645. The summed E-state index contributed by atoms with van der Waals surface area (Å²) in [6.45, 7) is 4.13. The third kappa shape index (κ3) is 33.5. The molecule has 0 saturated carbocycles. The maximum absolute atomic E-state index is 12.1. The zero-order valence-corrected chi connectivity index (χ0v) is 29.4. The number of ether oxygens (including phenoxy) is 2. The SMILES string of the molecule is CCCCCCC/C=C/CCCCCCCC(=O)OC[C@H](CO)OC(=O)CCCCCCCCCCCCCCCCCC. The molecule has 0 aliphatic carbocycles. The molecule has 0 bridgehead atoms. The van der Waals surface area contributed by atoms with E-state index in [4.69, 9.17) is 9.47 Å². The maximum atomic E-state index is 12.1. The van der Waals surface area contributed by atoms with Crippen molar-refractivity contribution in [1.82, 2.24) is 0 Å². The molecule has 0 aromatic rings. The van der Waals surface area contributed by atoms with Gasteiger partial charge in [-0.05, 0) is 38.5 Å². The highest BCUT2D eigenvalue weighted by atomic mass is 16.6. The molecule has 1 N–H and O–H groups in total. The summed E-state index contributed by atoms with van der Waals surface area (Å²) < 4.78 is 10.6. The average molecular weight is 623 g/mol. The van der Waals surface area contributed by atoms with Crippen LogP contribution in [0.25, 0.3) is 0 Å². The van der Waals surface area contributed by atoms with Crippen LogP contribution in [0.5, 0.6) is 0 Å². The number of hydrogen-bond acceptors (Lipinski definition) is 5. The Kier molecular flexibility index (Phi) is 35.0. The van der Waals surface area contributed by atoms with Crippen LogP contribution in [-0.4, -0.2) is 36.4 Å². The van der Waals surface area contributed by atoms with Crippen LogP contribution in [0.4, 0.5) is 0 Å². The van der Waals surface area contributed by atoms with Gasteiger partial charge in [0.2, 0.25) is 0 Å². The summed E-state index contributed by atoms with van der Waals surface area (Å²) in [5, 5.41) is 9.54. The molecule has 0 aromatic carbocycles. The maximum Gasteiger partial charge on any atom is 0.306 e. The summed E-state index contributed by atoms with van der Waals surface area (Å²) in [5.74, 6) is -0.591. The van der Waals surface area contributed by atoms with Gasteiger partial charge in [-0.1, -0.05) is 167 Å². The first-order valence-electron chi connectivity index (χ1n) is 19.2. The third-order valence-corrected chi connectivity index (χ3v) is 8.56. The Balaban J connectivity index is 3.53. The summed E-state index contributed by atoms with van der Waals surface area (Å²) in [7, 11) is 0. The van der Waals surface area contributed by atoms with Gasteiger partial charge < -0.3 is 14.6 Å². The van der Waals surface area contributed by atoms with Gasteiger partial charge in [0.15, 0.2) is 6.10 Å². The van der Waals surface area contributed by atoms with Crippen molar-refractivity contribution in [2.45, 2.75) is 213 Å². The van der Waals surface area contributed by atoms with Crippen LogP contribution in [0.2, 0.25) is 0 Å². The topological polar surface area (TPSA) is 72.8 Å². The summed E-state index contributed by atoms with van der Waals surface area (Å²) in [4.78, 5) is 24.2. The molecule has 0 aliphatic heterocycles. The van der Waals surface area contributed by atoms with Crippen LogP contribution < -0.4 is 0 Å². The molecule has 0 radical (unpaired) electrons. The number of esters is 2. The van der Waals surface area contributed by atoms with Crippen LogP contribution in [0.3, 0.4) is 0 Å². The predicted octanol–water partition coefficient (Wildman–Crippen LogP) is 11.7. The van der Waals surface area contributed by atoms with Gasteiger partial charge in [0, 0.05) is 12.8 Å². The van der Waals surface area contributed by atoms with E-state index in [0.717, 1.165) is 44.9 Å². The monoisotopic (exact) mass is 623 g/mol. The fourth-order valence-electron chi connectivity index (χ4n) is 5.61. The van der Waals surface area contributed by atoms with Crippen molar-refractivity contribution < 1.29 is 24.2 Å². The van der Waals surface area contributed by atoms with Gasteiger partial charge >= 0.3 is 11.9 Å². The minimum Gasteiger partial charge on any atom is -0.462 e. The van der Waals surface area contributed by atoms with Crippen LogP contribution in [0.15, 0.2) is 12.2 Å². The van der Waals surface area contributed by atoms with Gasteiger partial charge in [-0.15, -0.1) is 0 Å². The first-order chi connectivity index (χ1) is 21.6. The molecule has 260 valence electrons. The molecule has 0 amide bonds. The largest absolute Gasteiger partial charge is 0.462 e. The lowest BCUT2D eigenvalue weighted by Crippen LogP contribution is -2.28. The lowest BCUT2D eigenvalue weighted by atomic mass is 10.0. The highest BCUT2D eigenvalue weighted by Crippen LogP contribution is 2.15. The van der Waals surface area contributed by atoms with Gasteiger partial charge in [0.1, 0.15) is 6.61 Å². The number of unbranched alkanes of at least 4 members (excludes halogenated alkanes) is 25. The number of rotatable bonds is 35. The van der Waals surface area contributed by atoms with E-state index in [-0.39, 0.29) is 25.2 Å². The van der Waals surface area contributed by atoms with Crippen molar-refractivity contribution in [3.63, 3.8) is 0 Å². The van der Waals surface area contributed by atoms with Crippen LogP contribution in [0.1, 0.15) is 206 Å². The highest BCUT2D eigenvalue weighted by molar-refractivity contribution is 5.70. The van der Waals surface area contributed by atoms with E-state index >= 15 is 0 Å². The second kappa shape index (κ2) is 36.1. The second-order valence-corrected chi connectivity index (χ2v) is 13.0. The Morgan fingerprint density at radius 3 is 1.23 bits per heavy atom. The third-order valence-electron chi connectivity index (χ3n) is 8.56. The summed E-state index contributed by atoms with van der Waals surface area (Å²) in [6, 6.07) is 0. The van der Waals surface area contributed by atoms with E-state index in [2.05, 4.69) is 26.0 Å². The Bertz CT molecular complexity index is 632. The normalized spacial score (nSPS) is 12.2. The molecule has 0 heterocycles. The van der Waals surface area contributed by atoms with E-state index in [1.165, 1.54) is 135 Å². The van der Waals surface area contributed by atoms with E-state index in [1.807, 2.05) is 0 Å². The van der Waals surface area contributed by atoms with Crippen molar-refractivity contribution >= 4 is 11.9 Å². The molecule has 0 spiro atoms. The summed E-state index contributed by atoms with van der Waals surface area (Å²) >= 11 is 0. The van der Waals surface area contributed by atoms with E-state index in [9.17, 15) is 14.7 Å². The van der Waals surface area contributed by atoms with Crippen LogP contribution in [0, 0.1) is 0 Å². The molecule has 1 atom stereocenters. The highest BCUT2D eigenvalue weighted by Gasteiger charge is 2.16. The zero-order valence-electron chi connectivity index (χ0n) is 29.4. The molecule has 0 unspecified atom stereocenters. The standard InChI is InChI=1S/C39H74O5/c1-3-5-7-9-11-13-15-17-19-20-22-24-26-28-30-32-34-39(42)44-37(35-40)36-43-38(41)33-31-29-27-25-23-21-18-16-14-12-10-8-6-4-2/h16,18,37,40H,3-15,17,19-36H2,1-2H3/b18-16+/t37-/m0/s1. The van der Waals surface area contributed by atoms with Crippen molar-refractivity contribution in [1.29, 1.82) is 0 Å². The summed E-state index contributed by atoms with van der Waals surface area (Å²) in [5.41, 5.74) is 0. The molecule has 5 nitrogen and oxygen atoms in total. The van der Waals surface area contributed by atoms with Crippen molar-refractivity contribution in [3.05, 3.63) is 12.2 Å². The first kappa shape index (κ1) is 42.6. The van der Waals surface area contributed by atoms with E-state index in [0.29, 0.717) is 12.8 Å². The van der Waals surface area contributed by atoms with Crippen molar-refractivity contribution in [2.24, 2.45) is 0 Å². The molecule has 5 heteroatoms. The Labute approximate surface area is 273 Å². The molecule has 0 aliphatic rings. The Hall–Kier alpha value is -1.36. The number of aliphatic hydroxyl groups is 1. The fraction of sp³-hybridized carbons (Fsp3) is 0.897. The van der Waals surface area contributed by atoms with Crippen molar-refractivity contribution in [3.8, 4) is 0 Å². The van der Waals surface area contributed by atoms with Gasteiger partial charge in [0.05, 0.1) is 6.61 Å². The van der Waals surface area contributed by atoms with E-state index < -0.39 is 6.10 Å². The molecule has 44 heavy (non-hydrogen) atoms. The lowest BCUT2D eigenvalue weighted by Gasteiger charge is -2.15. The Morgan fingerprint density at radius 2 is 0.841 bits per heavy atom. The molecular formula is C39H74O5. The predicted molar refractivity (Wildman–Crippen MR) is 187 cm³/mol.